The van der Waals surface area contributed by atoms with E-state index in [-0.39, 0.29) is 5.92 Å². The molecule has 0 N–H and O–H groups in total. The molecule has 1 amide bonds. The van der Waals surface area contributed by atoms with Gasteiger partial charge in [0.1, 0.15) is 0 Å². The van der Waals surface area contributed by atoms with Gasteiger partial charge in [0, 0.05) is 51.4 Å². The molecule has 0 unspecified atom stereocenters. The highest BCUT2D eigenvalue weighted by Crippen LogP contribution is 2.48. The summed E-state index contributed by atoms with van der Waals surface area (Å²) in [6.07, 6.45) is 4.87. The van der Waals surface area contributed by atoms with Gasteiger partial charge in [-0.25, -0.2) is 0 Å². The molecule has 1 aliphatic carbocycles. The van der Waals surface area contributed by atoms with Crippen LogP contribution in [0.3, 0.4) is 0 Å². The number of amides is 1. The zero-order chi connectivity index (χ0) is 16.7. The molecule has 128 valence electrons. The number of nitrogens with zero attached hydrogens (tertiary/aromatic N) is 5. The van der Waals surface area contributed by atoms with Crippen molar-refractivity contribution in [2.24, 2.45) is 13.0 Å². The Morgan fingerprint density at radius 2 is 2.12 bits per heavy atom. The lowest BCUT2D eigenvalue weighted by molar-refractivity contribution is -0.134. The van der Waals surface area contributed by atoms with Gasteiger partial charge in [-0.05, 0) is 24.8 Å². The molecule has 1 saturated heterocycles. The second kappa shape index (κ2) is 6.05. The van der Waals surface area contributed by atoms with Gasteiger partial charge in [0.2, 0.25) is 5.91 Å². The summed E-state index contributed by atoms with van der Waals surface area (Å²) in [6, 6.07) is 1.97. The lowest BCUT2D eigenvalue weighted by Crippen LogP contribution is -2.48. The summed E-state index contributed by atoms with van der Waals surface area (Å²) >= 11 is 0. The number of carbonyl (C=O) groups excluding carboxylic acids is 1. The van der Waals surface area contributed by atoms with E-state index in [0.29, 0.717) is 11.8 Å². The first-order chi connectivity index (χ1) is 11.6. The molecule has 0 aromatic carbocycles. The van der Waals surface area contributed by atoms with Crippen molar-refractivity contribution in [3.63, 3.8) is 0 Å². The third kappa shape index (κ3) is 3.08. The van der Waals surface area contributed by atoms with Gasteiger partial charge < -0.3 is 9.42 Å². The molecule has 2 aliphatic rings. The molecule has 0 radical (unpaired) electrons. The molecule has 2 aromatic heterocycles. The number of aromatic nitrogens is 3. The minimum Gasteiger partial charge on any atom is -0.360 e. The monoisotopic (exact) mass is 329 g/mol. The minimum atomic E-state index is 0.151. The number of piperazine rings is 1. The molecule has 1 saturated carbocycles. The van der Waals surface area contributed by atoms with Crippen molar-refractivity contribution in [3.05, 3.63) is 35.5 Å². The fourth-order valence-corrected chi connectivity index (χ4v) is 3.54. The lowest BCUT2D eigenvalue weighted by Gasteiger charge is -2.34. The number of carbonyl (C=O) groups is 1. The standard InChI is InChI=1S/C17H23N5O2/c1-12-7-14(24-19-12)11-21-3-5-22(6-4-21)17(23)16-8-15(16)13-9-18-20(2)10-13/h7,9-10,15-16H,3-6,8,11H2,1-2H3/t15-,16+/m0/s1. The molecule has 2 atom stereocenters. The van der Waals surface area contributed by atoms with Gasteiger partial charge in [-0.15, -0.1) is 0 Å². The molecule has 0 bridgehead atoms. The maximum atomic E-state index is 12.7. The predicted octanol–water partition coefficient (Wildman–Crippen LogP) is 1.16. The van der Waals surface area contributed by atoms with Gasteiger partial charge in [-0.1, -0.05) is 5.16 Å². The van der Waals surface area contributed by atoms with Gasteiger partial charge >= 0.3 is 0 Å². The smallest absolute Gasteiger partial charge is 0.226 e. The third-order valence-corrected chi connectivity index (χ3v) is 5.00. The van der Waals surface area contributed by atoms with Crippen LogP contribution in [-0.4, -0.2) is 56.8 Å². The van der Waals surface area contributed by atoms with Crippen LogP contribution in [0, 0.1) is 12.8 Å². The summed E-state index contributed by atoms with van der Waals surface area (Å²) in [4.78, 5) is 17.0. The van der Waals surface area contributed by atoms with E-state index in [1.807, 2.05) is 37.3 Å². The second-order valence-electron chi connectivity index (χ2n) is 6.93. The lowest BCUT2D eigenvalue weighted by atomic mass is 10.1. The van der Waals surface area contributed by atoms with E-state index in [1.165, 1.54) is 5.56 Å². The average Bonchev–Trinajstić information content (AvgIpc) is 3.09. The average molecular weight is 329 g/mol. The number of aryl methyl sites for hydroxylation is 2. The van der Waals surface area contributed by atoms with Crippen LogP contribution in [0.4, 0.5) is 0 Å². The van der Waals surface area contributed by atoms with E-state index in [2.05, 4.69) is 15.2 Å². The Labute approximate surface area is 141 Å². The molecular formula is C17H23N5O2. The van der Waals surface area contributed by atoms with E-state index in [4.69, 9.17) is 4.52 Å². The molecule has 7 heteroatoms. The Kier molecular flexibility index (Phi) is 3.88. The minimum absolute atomic E-state index is 0.151. The van der Waals surface area contributed by atoms with Crippen molar-refractivity contribution < 1.29 is 9.32 Å². The highest BCUT2D eigenvalue weighted by atomic mass is 16.5. The zero-order valence-electron chi connectivity index (χ0n) is 14.2. The summed E-state index contributed by atoms with van der Waals surface area (Å²) in [7, 11) is 1.91. The van der Waals surface area contributed by atoms with Crippen LogP contribution in [0.15, 0.2) is 23.0 Å². The van der Waals surface area contributed by atoms with E-state index in [0.717, 1.165) is 50.6 Å². The van der Waals surface area contributed by atoms with Crippen molar-refractivity contribution in [1.29, 1.82) is 0 Å². The summed E-state index contributed by atoms with van der Waals surface area (Å²) in [5.74, 6) is 1.71. The van der Waals surface area contributed by atoms with E-state index >= 15 is 0 Å². The van der Waals surface area contributed by atoms with E-state index < -0.39 is 0 Å². The van der Waals surface area contributed by atoms with Gasteiger partial charge in [0.25, 0.3) is 0 Å². The molecule has 24 heavy (non-hydrogen) atoms. The second-order valence-corrected chi connectivity index (χ2v) is 6.93. The zero-order valence-corrected chi connectivity index (χ0v) is 14.2. The Balaban J connectivity index is 1.28. The van der Waals surface area contributed by atoms with Crippen LogP contribution in [0.5, 0.6) is 0 Å². The van der Waals surface area contributed by atoms with Crippen LogP contribution in [0.2, 0.25) is 0 Å². The maximum absolute atomic E-state index is 12.7. The van der Waals surface area contributed by atoms with Gasteiger partial charge in [-0.3, -0.25) is 14.4 Å². The van der Waals surface area contributed by atoms with Crippen molar-refractivity contribution >= 4 is 5.91 Å². The number of hydrogen-bond acceptors (Lipinski definition) is 5. The van der Waals surface area contributed by atoms with Crippen LogP contribution in [-0.2, 0) is 18.4 Å². The molecule has 2 fully saturated rings. The van der Waals surface area contributed by atoms with Crippen molar-refractivity contribution in [3.8, 4) is 0 Å². The number of rotatable bonds is 4. The van der Waals surface area contributed by atoms with Crippen LogP contribution >= 0.6 is 0 Å². The molecule has 4 rings (SSSR count). The molecule has 1 aliphatic heterocycles. The topological polar surface area (TPSA) is 67.4 Å². The van der Waals surface area contributed by atoms with Gasteiger partial charge in [-0.2, -0.15) is 5.10 Å². The first kappa shape index (κ1) is 15.4. The predicted molar refractivity (Wildman–Crippen MR) is 87.2 cm³/mol. The first-order valence-corrected chi connectivity index (χ1v) is 8.52. The fraction of sp³-hybridized carbons (Fsp3) is 0.588. The van der Waals surface area contributed by atoms with Crippen molar-refractivity contribution in [2.75, 3.05) is 26.2 Å². The van der Waals surface area contributed by atoms with Crippen LogP contribution < -0.4 is 0 Å². The molecule has 3 heterocycles. The normalized spacial score (nSPS) is 24.3. The Morgan fingerprint density at radius 3 is 2.75 bits per heavy atom. The highest BCUT2D eigenvalue weighted by molar-refractivity contribution is 5.83. The molecule has 7 nitrogen and oxygen atoms in total. The summed E-state index contributed by atoms with van der Waals surface area (Å²) in [5.41, 5.74) is 2.10. The first-order valence-electron chi connectivity index (χ1n) is 8.52. The Hall–Kier alpha value is -2.15. The van der Waals surface area contributed by atoms with Gasteiger partial charge in [0.05, 0.1) is 18.4 Å². The largest absolute Gasteiger partial charge is 0.360 e. The highest BCUT2D eigenvalue weighted by Gasteiger charge is 2.46. The summed E-state index contributed by atoms with van der Waals surface area (Å²) < 4.78 is 7.08. The summed E-state index contributed by atoms with van der Waals surface area (Å²) in [5, 5.41) is 8.13. The summed E-state index contributed by atoms with van der Waals surface area (Å²) in [6.45, 7) is 6.05. The third-order valence-electron chi connectivity index (χ3n) is 5.00. The molecular weight excluding hydrogens is 306 g/mol. The maximum Gasteiger partial charge on any atom is 0.226 e. The van der Waals surface area contributed by atoms with Crippen LogP contribution in [0.1, 0.15) is 29.4 Å². The fourth-order valence-electron chi connectivity index (χ4n) is 3.54. The van der Waals surface area contributed by atoms with Gasteiger partial charge in [0.15, 0.2) is 5.76 Å². The molecule has 0 spiro atoms. The van der Waals surface area contributed by atoms with E-state index in [9.17, 15) is 4.79 Å². The molecule has 2 aromatic rings. The van der Waals surface area contributed by atoms with Crippen LogP contribution in [0.25, 0.3) is 0 Å². The van der Waals surface area contributed by atoms with Crippen molar-refractivity contribution in [2.45, 2.75) is 25.8 Å². The van der Waals surface area contributed by atoms with E-state index in [1.54, 1.807) is 4.68 Å². The Bertz CT molecular complexity index is 729. The van der Waals surface area contributed by atoms with Crippen molar-refractivity contribution in [1.82, 2.24) is 24.7 Å². The quantitative estimate of drug-likeness (QED) is 0.842. The SMILES string of the molecule is Cc1cc(CN2CCN(C(=O)[C@@H]3C[C@H]3c3cnn(C)c3)CC2)on1. The Morgan fingerprint density at radius 1 is 1.33 bits per heavy atom. The number of hydrogen-bond donors (Lipinski definition) is 0.